The summed E-state index contributed by atoms with van der Waals surface area (Å²) in [7, 11) is -3.27. The van der Waals surface area contributed by atoms with E-state index in [9.17, 15) is 13.2 Å². The molecule has 0 saturated carbocycles. The molecule has 164 valence electrons. The maximum atomic E-state index is 12.9. The summed E-state index contributed by atoms with van der Waals surface area (Å²) >= 11 is 1.33. The zero-order valence-corrected chi connectivity index (χ0v) is 18.9. The number of fused-ring (bicyclic) bond motifs is 1. The van der Waals surface area contributed by atoms with Crippen molar-refractivity contribution in [3.63, 3.8) is 0 Å². The van der Waals surface area contributed by atoms with Gasteiger partial charge in [0.05, 0.1) is 10.6 Å². The summed E-state index contributed by atoms with van der Waals surface area (Å²) in [5, 5.41) is 2.35. The van der Waals surface area contributed by atoms with Crippen LogP contribution in [0.25, 0.3) is 17.3 Å². The average Bonchev–Trinajstić information content (AvgIpc) is 3.44. The summed E-state index contributed by atoms with van der Waals surface area (Å²) < 4.78 is 34.0. The molecule has 0 unspecified atom stereocenters. The monoisotopic (exact) mass is 468 g/mol. The lowest BCUT2D eigenvalue weighted by Crippen LogP contribution is -2.29. The molecule has 2 aromatic carbocycles. The first-order valence-corrected chi connectivity index (χ1v) is 12.4. The Bertz CT molecular complexity index is 1290. The highest BCUT2D eigenvalue weighted by atomic mass is 32.2. The maximum Gasteiger partial charge on any atom is 0.253 e. The van der Waals surface area contributed by atoms with Crippen LogP contribution in [0.2, 0.25) is 0 Å². The standard InChI is InChI=1S/C23H20N2O5S2/c1-3-12-25(22(26)11-5-16-4-10-20-21(13-16)30-15-29-20)23-24-19(14-31-23)17-6-8-18(9-7-17)32(2,27)28/h3-11,13-14H,1,12,15H2,2H3/b11-5+. The third-order valence-corrected chi connectivity index (χ3v) is 6.69. The van der Waals surface area contributed by atoms with Gasteiger partial charge in [-0.2, -0.15) is 0 Å². The molecule has 1 aliphatic heterocycles. The zero-order valence-electron chi connectivity index (χ0n) is 17.2. The van der Waals surface area contributed by atoms with Gasteiger partial charge >= 0.3 is 0 Å². The van der Waals surface area contributed by atoms with Crippen molar-refractivity contribution in [2.24, 2.45) is 0 Å². The number of rotatable bonds is 7. The van der Waals surface area contributed by atoms with Crippen molar-refractivity contribution in [1.29, 1.82) is 0 Å². The highest BCUT2D eigenvalue weighted by Gasteiger charge is 2.17. The number of hydrogen-bond acceptors (Lipinski definition) is 7. The zero-order chi connectivity index (χ0) is 22.7. The summed E-state index contributed by atoms with van der Waals surface area (Å²) in [5.41, 5.74) is 2.24. The van der Waals surface area contributed by atoms with Gasteiger partial charge < -0.3 is 9.47 Å². The van der Waals surface area contributed by atoms with Crippen LogP contribution in [0.15, 0.2) is 71.5 Å². The summed E-state index contributed by atoms with van der Waals surface area (Å²) in [4.78, 5) is 19.2. The van der Waals surface area contributed by atoms with Gasteiger partial charge in [-0.05, 0) is 35.9 Å². The highest BCUT2D eigenvalue weighted by molar-refractivity contribution is 7.90. The molecular formula is C23H20N2O5S2. The molecular weight excluding hydrogens is 448 g/mol. The van der Waals surface area contributed by atoms with E-state index in [1.54, 1.807) is 42.5 Å². The van der Waals surface area contributed by atoms with Gasteiger partial charge in [-0.15, -0.1) is 17.9 Å². The normalized spacial score (nSPS) is 12.8. The molecule has 0 radical (unpaired) electrons. The largest absolute Gasteiger partial charge is 0.454 e. The van der Waals surface area contributed by atoms with Crippen LogP contribution in [-0.4, -0.2) is 38.9 Å². The van der Waals surface area contributed by atoms with E-state index in [-0.39, 0.29) is 17.6 Å². The first kappa shape index (κ1) is 21.8. The Morgan fingerprint density at radius 1 is 1.19 bits per heavy atom. The van der Waals surface area contributed by atoms with E-state index in [2.05, 4.69) is 11.6 Å². The quantitative estimate of drug-likeness (QED) is 0.382. The van der Waals surface area contributed by atoms with E-state index in [0.29, 0.717) is 28.9 Å². The second kappa shape index (κ2) is 8.97. The van der Waals surface area contributed by atoms with Crippen molar-refractivity contribution < 1.29 is 22.7 Å². The molecule has 7 nitrogen and oxygen atoms in total. The van der Waals surface area contributed by atoms with Crippen LogP contribution in [0, 0.1) is 0 Å². The number of nitrogens with zero attached hydrogens (tertiary/aromatic N) is 2. The second-order valence-electron chi connectivity index (χ2n) is 7.00. The van der Waals surface area contributed by atoms with Crippen LogP contribution in [0.1, 0.15) is 5.56 Å². The molecule has 3 aromatic rings. The van der Waals surface area contributed by atoms with Gasteiger partial charge in [0.1, 0.15) is 0 Å². The van der Waals surface area contributed by atoms with Gasteiger partial charge in [0.25, 0.3) is 5.91 Å². The van der Waals surface area contributed by atoms with Gasteiger partial charge in [0, 0.05) is 29.8 Å². The lowest BCUT2D eigenvalue weighted by Gasteiger charge is -2.15. The SMILES string of the molecule is C=CCN(C(=O)/C=C/c1ccc2c(c1)OCO2)c1nc(-c2ccc(S(C)(=O)=O)cc2)cs1. The second-order valence-corrected chi connectivity index (χ2v) is 9.85. The van der Waals surface area contributed by atoms with Crippen LogP contribution >= 0.6 is 11.3 Å². The molecule has 0 saturated heterocycles. The van der Waals surface area contributed by atoms with Gasteiger partial charge in [-0.3, -0.25) is 9.69 Å². The first-order valence-electron chi connectivity index (χ1n) is 9.61. The molecule has 32 heavy (non-hydrogen) atoms. The third-order valence-electron chi connectivity index (χ3n) is 4.69. The lowest BCUT2D eigenvalue weighted by atomic mass is 10.2. The van der Waals surface area contributed by atoms with Crippen molar-refractivity contribution in [3.05, 3.63) is 72.1 Å². The third kappa shape index (κ3) is 4.74. The van der Waals surface area contributed by atoms with E-state index in [1.807, 2.05) is 17.5 Å². The number of anilines is 1. The summed E-state index contributed by atoms with van der Waals surface area (Å²) in [5.74, 6) is 1.09. The molecule has 2 heterocycles. The molecule has 0 bridgehead atoms. The molecule has 1 amide bonds. The summed E-state index contributed by atoms with van der Waals surface area (Å²) in [6.45, 7) is 4.22. The summed E-state index contributed by atoms with van der Waals surface area (Å²) in [6, 6.07) is 12.0. The van der Waals surface area contributed by atoms with Crippen molar-refractivity contribution in [2.45, 2.75) is 4.90 Å². The first-order chi connectivity index (χ1) is 15.3. The number of benzene rings is 2. The molecule has 0 spiro atoms. The van der Waals surface area contributed by atoms with Crippen molar-refractivity contribution in [1.82, 2.24) is 4.98 Å². The van der Waals surface area contributed by atoms with Crippen LogP contribution in [0.5, 0.6) is 11.5 Å². The Labute approximate surface area is 190 Å². The van der Waals surface area contributed by atoms with Gasteiger partial charge in [-0.25, -0.2) is 13.4 Å². The molecule has 0 fully saturated rings. The van der Waals surface area contributed by atoms with E-state index < -0.39 is 9.84 Å². The van der Waals surface area contributed by atoms with Gasteiger partial charge in [0.2, 0.25) is 6.79 Å². The van der Waals surface area contributed by atoms with Crippen molar-refractivity contribution in [2.75, 3.05) is 24.5 Å². The maximum absolute atomic E-state index is 12.9. The fourth-order valence-electron chi connectivity index (χ4n) is 3.06. The van der Waals surface area contributed by atoms with Crippen LogP contribution in [-0.2, 0) is 14.6 Å². The van der Waals surface area contributed by atoms with Gasteiger partial charge in [-0.1, -0.05) is 24.3 Å². The number of hydrogen-bond donors (Lipinski definition) is 0. The van der Waals surface area contributed by atoms with E-state index >= 15 is 0 Å². The number of sulfone groups is 1. The minimum Gasteiger partial charge on any atom is -0.454 e. The van der Waals surface area contributed by atoms with E-state index in [1.165, 1.54) is 28.6 Å². The molecule has 0 N–H and O–H groups in total. The van der Waals surface area contributed by atoms with Crippen LogP contribution in [0.4, 0.5) is 5.13 Å². The van der Waals surface area contributed by atoms with Crippen molar-refractivity contribution >= 4 is 38.3 Å². The fraction of sp³-hybridized carbons (Fsp3) is 0.130. The minimum absolute atomic E-state index is 0.192. The molecule has 1 aliphatic rings. The number of ether oxygens (including phenoxy) is 2. The number of carbonyl (C=O) groups excluding carboxylic acids is 1. The average molecular weight is 469 g/mol. The van der Waals surface area contributed by atoms with E-state index in [4.69, 9.17) is 9.47 Å². The Kier molecular flexibility index (Phi) is 6.11. The molecule has 0 aliphatic carbocycles. The van der Waals surface area contributed by atoms with Crippen LogP contribution in [0.3, 0.4) is 0 Å². The predicted molar refractivity (Wildman–Crippen MR) is 125 cm³/mol. The lowest BCUT2D eigenvalue weighted by molar-refractivity contribution is -0.114. The fourth-order valence-corrected chi connectivity index (χ4v) is 4.54. The topological polar surface area (TPSA) is 85.8 Å². The number of aromatic nitrogens is 1. The Hall–Kier alpha value is -3.43. The molecule has 1 aromatic heterocycles. The Morgan fingerprint density at radius 2 is 1.94 bits per heavy atom. The molecule has 9 heteroatoms. The number of amides is 1. The number of carbonyl (C=O) groups is 1. The van der Waals surface area contributed by atoms with Crippen molar-refractivity contribution in [3.8, 4) is 22.8 Å². The van der Waals surface area contributed by atoms with E-state index in [0.717, 1.165) is 11.1 Å². The Balaban J connectivity index is 1.53. The molecule has 0 atom stereocenters. The number of thiazole rings is 1. The predicted octanol–water partition coefficient (Wildman–Crippen LogP) is 4.17. The smallest absolute Gasteiger partial charge is 0.253 e. The van der Waals surface area contributed by atoms with Gasteiger partial charge in [0.15, 0.2) is 26.5 Å². The highest BCUT2D eigenvalue weighted by Crippen LogP contribution is 2.33. The minimum atomic E-state index is -3.27. The summed E-state index contributed by atoms with van der Waals surface area (Å²) in [6.07, 6.45) is 5.98. The Morgan fingerprint density at radius 3 is 2.66 bits per heavy atom. The molecule has 4 rings (SSSR count). The van der Waals surface area contributed by atoms with Crippen LogP contribution < -0.4 is 14.4 Å².